The topological polar surface area (TPSA) is 109 Å². The zero-order valence-corrected chi connectivity index (χ0v) is 13.7. The van der Waals surface area contributed by atoms with E-state index in [4.69, 9.17) is 0 Å². The molecular weight excluding hydrogens is 371 g/mol. The van der Waals surface area contributed by atoms with Crippen LogP contribution < -0.4 is 9.74 Å². The Morgan fingerprint density at radius 2 is 1.92 bits per heavy atom. The number of carbonyl (C=O) groups excluding carboxylic acids is 2. The molecule has 0 spiro atoms. The number of hydrogen-bond donors (Lipinski definition) is 0. The van der Waals surface area contributed by atoms with E-state index in [1.165, 1.54) is 0 Å². The fourth-order valence-corrected chi connectivity index (χ4v) is 2.97. The molecule has 0 fully saturated rings. The van der Waals surface area contributed by atoms with Gasteiger partial charge in [0.15, 0.2) is 5.78 Å². The van der Waals surface area contributed by atoms with Crippen molar-refractivity contribution < 1.29 is 40.1 Å². The maximum atomic E-state index is 12.5. The predicted octanol–water partition coefficient (Wildman–Crippen LogP) is 0.940. The van der Waals surface area contributed by atoms with Crippen molar-refractivity contribution in [2.24, 2.45) is 0 Å². The van der Waals surface area contributed by atoms with Gasteiger partial charge in [-0.1, -0.05) is 0 Å². The Morgan fingerprint density at radius 3 is 2.40 bits per heavy atom. The Bertz CT molecular complexity index is 901. The van der Waals surface area contributed by atoms with Crippen LogP contribution in [0, 0.1) is 0 Å². The van der Waals surface area contributed by atoms with Crippen molar-refractivity contribution >= 4 is 21.9 Å². The van der Waals surface area contributed by atoms with Crippen LogP contribution in [0.1, 0.15) is 35.4 Å². The molecule has 1 aliphatic heterocycles. The number of pyridine rings is 1. The number of fused-ring (bicyclic) bond motifs is 1. The highest BCUT2D eigenvalue weighted by Crippen LogP contribution is 2.31. The Morgan fingerprint density at radius 1 is 1.32 bits per heavy atom. The number of methoxy groups -OCH3 is 1. The van der Waals surface area contributed by atoms with Crippen LogP contribution in [0.2, 0.25) is 0 Å². The van der Waals surface area contributed by atoms with Gasteiger partial charge in [-0.25, -0.2) is 4.79 Å². The van der Waals surface area contributed by atoms with Crippen molar-refractivity contribution in [2.75, 3.05) is 7.11 Å². The Labute approximate surface area is 139 Å². The second-order valence-electron chi connectivity index (χ2n) is 5.16. The SMILES string of the molecule is COC(=O)[C@@H]1CCc2c(C(C)=O)cc(OS(=O)(=O)C(F)(F)F)c(=O)n21. The van der Waals surface area contributed by atoms with Crippen molar-refractivity contribution in [3.8, 4) is 5.75 Å². The van der Waals surface area contributed by atoms with E-state index >= 15 is 0 Å². The lowest BCUT2D eigenvalue weighted by atomic mass is 10.1. The van der Waals surface area contributed by atoms with Gasteiger partial charge in [0.2, 0.25) is 5.75 Å². The summed E-state index contributed by atoms with van der Waals surface area (Å²) in [5.41, 5.74) is -7.15. The van der Waals surface area contributed by atoms with E-state index in [1.54, 1.807) is 0 Å². The van der Waals surface area contributed by atoms with Gasteiger partial charge in [-0.05, 0) is 19.8 Å². The fourth-order valence-electron chi connectivity index (χ4n) is 2.52. The number of Topliss-reactive ketones (excluding diaryl/α,β-unsaturated/α-hetero) is 1. The van der Waals surface area contributed by atoms with Crippen molar-refractivity contribution in [3.05, 3.63) is 27.7 Å². The molecule has 1 atom stereocenters. The van der Waals surface area contributed by atoms with Gasteiger partial charge in [0.05, 0.1) is 7.11 Å². The Kier molecular flexibility index (Phi) is 4.68. The molecule has 0 unspecified atom stereocenters. The number of alkyl halides is 3. The van der Waals surface area contributed by atoms with Crippen molar-refractivity contribution in [1.82, 2.24) is 4.57 Å². The maximum absolute atomic E-state index is 12.5. The summed E-state index contributed by atoms with van der Waals surface area (Å²) in [6.45, 7) is 1.08. The van der Waals surface area contributed by atoms with Gasteiger partial charge in [0.25, 0.3) is 5.56 Å². The normalized spacial score (nSPS) is 17.1. The molecule has 0 amide bonds. The summed E-state index contributed by atoms with van der Waals surface area (Å²) in [6, 6.07) is -0.554. The molecule has 25 heavy (non-hydrogen) atoms. The van der Waals surface area contributed by atoms with Crippen molar-refractivity contribution in [3.63, 3.8) is 0 Å². The average molecular weight is 383 g/mol. The summed E-state index contributed by atoms with van der Waals surface area (Å²) in [5, 5.41) is 0. The fraction of sp³-hybridized carbons (Fsp3) is 0.462. The number of esters is 1. The first-order valence-corrected chi connectivity index (χ1v) is 8.19. The van der Waals surface area contributed by atoms with Crippen LogP contribution in [0.25, 0.3) is 0 Å². The van der Waals surface area contributed by atoms with E-state index in [1.807, 2.05) is 0 Å². The number of ether oxygens (including phenoxy) is 1. The van der Waals surface area contributed by atoms with E-state index in [0.29, 0.717) is 6.07 Å². The highest BCUT2D eigenvalue weighted by Gasteiger charge is 2.49. The summed E-state index contributed by atoms with van der Waals surface area (Å²) >= 11 is 0. The minimum atomic E-state index is -6.12. The lowest BCUT2D eigenvalue weighted by Gasteiger charge is -2.16. The molecule has 0 saturated carbocycles. The first kappa shape index (κ1) is 19.0. The van der Waals surface area contributed by atoms with Crippen LogP contribution in [0.3, 0.4) is 0 Å². The molecule has 0 radical (unpaired) electrons. The predicted molar refractivity (Wildman–Crippen MR) is 75.7 cm³/mol. The molecule has 2 heterocycles. The van der Waals surface area contributed by atoms with Gasteiger partial charge in [-0.2, -0.15) is 21.6 Å². The van der Waals surface area contributed by atoms with Crippen LogP contribution in [0.4, 0.5) is 13.2 Å². The highest BCUT2D eigenvalue weighted by molar-refractivity contribution is 7.88. The number of nitrogens with zero attached hydrogens (tertiary/aromatic N) is 1. The standard InChI is InChI=1S/C13H12F3NO7S/c1-6(18)7-5-10(24-25(21,22)13(14,15)16)11(19)17-8(7)3-4-9(17)12(20)23-2/h5,9H,3-4H2,1-2H3/t9-/m0/s1. The molecule has 1 aliphatic rings. The third-order valence-electron chi connectivity index (χ3n) is 3.61. The van der Waals surface area contributed by atoms with Crippen LogP contribution in [0.5, 0.6) is 5.75 Å². The number of ketones is 1. The molecule has 0 aromatic carbocycles. The molecule has 0 saturated heterocycles. The third-order valence-corrected chi connectivity index (χ3v) is 4.57. The van der Waals surface area contributed by atoms with E-state index in [0.717, 1.165) is 18.6 Å². The molecule has 138 valence electrons. The molecule has 0 aliphatic carbocycles. The molecular formula is C13H12F3NO7S. The minimum Gasteiger partial charge on any atom is -0.467 e. The molecule has 0 N–H and O–H groups in total. The van der Waals surface area contributed by atoms with Crippen LogP contribution in [-0.4, -0.2) is 37.4 Å². The summed E-state index contributed by atoms with van der Waals surface area (Å²) in [7, 11) is -5.07. The quantitative estimate of drug-likeness (QED) is 0.329. The number of carbonyl (C=O) groups is 2. The molecule has 2 rings (SSSR count). The second kappa shape index (κ2) is 6.17. The van der Waals surface area contributed by atoms with Gasteiger partial charge < -0.3 is 8.92 Å². The van der Waals surface area contributed by atoms with Crippen LogP contribution in [-0.2, 0) is 26.1 Å². The van der Waals surface area contributed by atoms with Gasteiger partial charge >= 0.3 is 21.6 Å². The van der Waals surface area contributed by atoms with E-state index in [2.05, 4.69) is 8.92 Å². The molecule has 8 nitrogen and oxygen atoms in total. The average Bonchev–Trinajstić information content (AvgIpc) is 2.92. The number of rotatable bonds is 4. The summed E-state index contributed by atoms with van der Waals surface area (Å²) < 4.78 is 68.9. The van der Waals surface area contributed by atoms with E-state index in [9.17, 15) is 36.0 Å². The number of hydrogen-bond acceptors (Lipinski definition) is 7. The molecule has 1 aromatic heterocycles. The minimum absolute atomic E-state index is 0.0671. The zero-order valence-electron chi connectivity index (χ0n) is 12.9. The molecule has 1 aromatic rings. The van der Waals surface area contributed by atoms with Crippen LogP contribution in [0.15, 0.2) is 10.9 Å². The van der Waals surface area contributed by atoms with Crippen LogP contribution >= 0.6 is 0 Å². The van der Waals surface area contributed by atoms with Gasteiger partial charge in [-0.15, -0.1) is 0 Å². The third kappa shape index (κ3) is 3.25. The first-order chi connectivity index (χ1) is 11.4. The highest BCUT2D eigenvalue weighted by atomic mass is 32.2. The largest absolute Gasteiger partial charge is 0.534 e. The van der Waals surface area contributed by atoms with E-state index < -0.39 is 44.7 Å². The summed E-state index contributed by atoms with van der Waals surface area (Å²) in [6.07, 6.45) is 0.174. The number of aromatic nitrogens is 1. The second-order valence-corrected chi connectivity index (χ2v) is 6.70. The first-order valence-electron chi connectivity index (χ1n) is 6.78. The van der Waals surface area contributed by atoms with Crippen molar-refractivity contribution in [2.45, 2.75) is 31.3 Å². The Balaban J connectivity index is 2.69. The van der Waals surface area contributed by atoms with Gasteiger partial charge in [0.1, 0.15) is 6.04 Å². The lowest BCUT2D eigenvalue weighted by Crippen LogP contribution is -2.34. The smallest absolute Gasteiger partial charge is 0.467 e. The molecule has 0 bridgehead atoms. The van der Waals surface area contributed by atoms with Gasteiger partial charge in [-0.3, -0.25) is 14.2 Å². The lowest BCUT2D eigenvalue weighted by molar-refractivity contribution is -0.144. The molecule has 12 heteroatoms. The van der Waals surface area contributed by atoms with Gasteiger partial charge in [0, 0.05) is 17.3 Å². The monoisotopic (exact) mass is 383 g/mol. The Hall–Kier alpha value is -2.37. The van der Waals surface area contributed by atoms with E-state index in [-0.39, 0.29) is 24.1 Å². The summed E-state index contributed by atoms with van der Waals surface area (Å²) in [5.74, 6) is -2.71. The summed E-state index contributed by atoms with van der Waals surface area (Å²) in [4.78, 5) is 35.8. The maximum Gasteiger partial charge on any atom is 0.534 e. The van der Waals surface area contributed by atoms with Crippen molar-refractivity contribution in [1.29, 1.82) is 0 Å². The number of halogens is 3. The zero-order chi connectivity index (χ0) is 19.2.